The summed E-state index contributed by atoms with van der Waals surface area (Å²) in [7, 11) is 5.85. The highest BCUT2D eigenvalue weighted by molar-refractivity contribution is 5.73. The van der Waals surface area contributed by atoms with Gasteiger partial charge < -0.3 is 9.64 Å². The molecule has 0 atom stereocenters. The van der Waals surface area contributed by atoms with E-state index in [0.29, 0.717) is 0 Å². The van der Waals surface area contributed by atoms with Crippen LogP contribution in [0, 0.1) is 6.07 Å². The van der Waals surface area contributed by atoms with Crippen molar-refractivity contribution in [2.45, 2.75) is 6.54 Å². The number of methoxy groups -OCH3 is 1. The molecule has 0 aliphatic rings. The van der Waals surface area contributed by atoms with Crippen LogP contribution in [0.3, 0.4) is 0 Å². The van der Waals surface area contributed by atoms with E-state index in [1.165, 1.54) is 11.1 Å². The Morgan fingerprint density at radius 3 is 2.61 bits per heavy atom. The van der Waals surface area contributed by atoms with E-state index in [2.05, 4.69) is 49.3 Å². The number of hydrogen-bond acceptors (Lipinski definition) is 2. The molecule has 0 aromatic heterocycles. The Morgan fingerprint density at radius 2 is 1.89 bits per heavy atom. The van der Waals surface area contributed by atoms with Gasteiger partial charge in [-0.3, -0.25) is 0 Å². The third-order valence-electron chi connectivity index (χ3n) is 2.84. The Labute approximate surface area is 109 Å². The number of benzene rings is 2. The average Bonchev–Trinajstić information content (AvgIpc) is 2.39. The molecule has 2 aromatic rings. The summed E-state index contributed by atoms with van der Waals surface area (Å²) in [5, 5.41) is 0. The van der Waals surface area contributed by atoms with Gasteiger partial charge in [0.15, 0.2) is 0 Å². The molecule has 2 heteroatoms. The van der Waals surface area contributed by atoms with E-state index in [0.717, 1.165) is 17.9 Å². The molecule has 0 fully saturated rings. The van der Waals surface area contributed by atoms with Gasteiger partial charge in [0, 0.05) is 12.1 Å². The first-order chi connectivity index (χ1) is 8.72. The summed E-state index contributed by atoms with van der Waals surface area (Å²) >= 11 is 0. The van der Waals surface area contributed by atoms with Crippen molar-refractivity contribution in [3.05, 3.63) is 54.1 Å². The second-order valence-electron chi connectivity index (χ2n) is 4.52. The fraction of sp³-hybridized carbons (Fsp3) is 0.250. The first-order valence-electron chi connectivity index (χ1n) is 5.99. The van der Waals surface area contributed by atoms with Crippen molar-refractivity contribution < 1.29 is 4.74 Å². The third kappa shape index (κ3) is 2.71. The van der Waals surface area contributed by atoms with Crippen LogP contribution in [-0.4, -0.2) is 26.1 Å². The molecule has 2 nitrogen and oxygen atoms in total. The Balaban J connectivity index is 2.49. The van der Waals surface area contributed by atoms with E-state index >= 15 is 0 Å². The van der Waals surface area contributed by atoms with E-state index in [9.17, 15) is 0 Å². The first kappa shape index (κ1) is 12.7. The molecule has 0 spiro atoms. The van der Waals surface area contributed by atoms with Crippen molar-refractivity contribution >= 4 is 0 Å². The Bertz CT molecular complexity index is 520. The topological polar surface area (TPSA) is 12.5 Å². The molecule has 1 radical (unpaired) electrons. The lowest BCUT2D eigenvalue weighted by Crippen LogP contribution is -2.11. The van der Waals surface area contributed by atoms with Crippen LogP contribution in [0.1, 0.15) is 5.56 Å². The predicted molar refractivity (Wildman–Crippen MR) is 74.7 cm³/mol. The second kappa shape index (κ2) is 5.69. The normalized spacial score (nSPS) is 10.7. The van der Waals surface area contributed by atoms with Crippen molar-refractivity contribution in [1.82, 2.24) is 4.90 Å². The first-order valence-corrected chi connectivity index (χ1v) is 5.99. The molecule has 0 saturated carbocycles. The Morgan fingerprint density at radius 1 is 1.11 bits per heavy atom. The van der Waals surface area contributed by atoms with Crippen molar-refractivity contribution in [3.8, 4) is 16.9 Å². The molecular formula is C16H18NO. The fourth-order valence-corrected chi connectivity index (χ4v) is 2.07. The van der Waals surface area contributed by atoms with Crippen LogP contribution in [0.2, 0.25) is 0 Å². The molecule has 0 unspecified atom stereocenters. The lowest BCUT2D eigenvalue weighted by atomic mass is 9.98. The van der Waals surface area contributed by atoms with Crippen LogP contribution in [-0.2, 0) is 6.54 Å². The minimum Gasteiger partial charge on any atom is -0.496 e. The fourth-order valence-electron chi connectivity index (χ4n) is 2.07. The molecule has 18 heavy (non-hydrogen) atoms. The molecule has 2 aromatic carbocycles. The highest BCUT2D eigenvalue weighted by atomic mass is 16.5. The molecule has 0 N–H and O–H groups in total. The van der Waals surface area contributed by atoms with Gasteiger partial charge in [0.25, 0.3) is 0 Å². The van der Waals surface area contributed by atoms with E-state index in [1.807, 2.05) is 18.2 Å². The Kier molecular flexibility index (Phi) is 4.00. The minimum absolute atomic E-state index is 0.865. The van der Waals surface area contributed by atoms with Crippen LogP contribution in [0.4, 0.5) is 0 Å². The van der Waals surface area contributed by atoms with E-state index in [1.54, 1.807) is 7.11 Å². The number of ether oxygens (including phenoxy) is 1. The summed E-state index contributed by atoms with van der Waals surface area (Å²) in [6, 6.07) is 17.3. The molecule has 2 rings (SSSR count). The van der Waals surface area contributed by atoms with Crippen molar-refractivity contribution in [1.29, 1.82) is 0 Å². The van der Waals surface area contributed by atoms with Crippen molar-refractivity contribution in [2.24, 2.45) is 0 Å². The maximum Gasteiger partial charge on any atom is 0.127 e. The van der Waals surface area contributed by atoms with Crippen molar-refractivity contribution in [2.75, 3.05) is 21.2 Å². The molecule has 93 valence electrons. The lowest BCUT2D eigenvalue weighted by molar-refractivity contribution is 0.402. The van der Waals surface area contributed by atoms with Gasteiger partial charge in [-0.25, -0.2) is 0 Å². The standard InChI is InChI=1S/C16H18NO/c1-17(2)12-13-8-4-5-9-14(13)15-10-6-7-11-16(15)18-3/h4-6,8-11H,12H2,1-3H3. The maximum absolute atomic E-state index is 5.41. The number of rotatable bonds is 4. The average molecular weight is 240 g/mol. The second-order valence-corrected chi connectivity index (χ2v) is 4.52. The van der Waals surface area contributed by atoms with E-state index in [4.69, 9.17) is 4.74 Å². The van der Waals surface area contributed by atoms with Crippen molar-refractivity contribution in [3.63, 3.8) is 0 Å². The third-order valence-corrected chi connectivity index (χ3v) is 2.84. The minimum atomic E-state index is 0.865. The number of hydrogen-bond donors (Lipinski definition) is 0. The van der Waals surface area contributed by atoms with Crippen LogP contribution in [0.5, 0.6) is 5.75 Å². The molecule has 0 saturated heterocycles. The van der Waals surface area contributed by atoms with Gasteiger partial charge in [0.2, 0.25) is 0 Å². The van der Waals surface area contributed by atoms with E-state index in [-0.39, 0.29) is 0 Å². The zero-order valence-corrected chi connectivity index (χ0v) is 11.1. The van der Waals surface area contributed by atoms with E-state index < -0.39 is 0 Å². The molecule has 0 bridgehead atoms. The van der Waals surface area contributed by atoms with Crippen LogP contribution in [0.25, 0.3) is 11.1 Å². The molecular weight excluding hydrogens is 222 g/mol. The summed E-state index contributed by atoms with van der Waals surface area (Å²) in [6.45, 7) is 0.915. The van der Waals surface area contributed by atoms with Gasteiger partial charge in [-0.1, -0.05) is 36.4 Å². The van der Waals surface area contributed by atoms with Gasteiger partial charge in [0.1, 0.15) is 5.75 Å². The number of nitrogens with zero attached hydrogens (tertiary/aromatic N) is 1. The smallest absolute Gasteiger partial charge is 0.127 e. The summed E-state index contributed by atoms with van der Waals surface area (Å²) < 4.78 is 5.41. The lowest BCUT2D eigenvalue weighted by Gasteiger charge is -2.16. The van der Waals surface area contributed by atoms with Gasteiger partial charge >= 0.3 is 0 Å². The predicted octanol–water partition coefficient (Wildman–Crippen LogP) is 3.22. The zero-order chi connectivity index (χ0) is 13.0. The molecule has 0 aliphatic carbocycles. The van der Waals surface area contributed by atoms with Gasteiger partial charge in [-0.15, -0.1) is 0 Å². The largest absolute Gasteiger partial charge is 0.496 e. The SMILES string of the molecule is COc1c[c]ccc1-c1ccccc1CN(C)C. The van der Waals surface area contributed by atoms with Crippen LogP contribution in [0.15, 0.2) is 42.5 Å². The van der Waals surface area contributed by atoms with Gasteiger partial charge in [0.05, 0.1) is 7.11 Å². The highest BCUT2D eigenvalue weighted by Gasteiger charge is 2.09. The van der Waals surface area contributed by atoms with Crippen LogP contribution < -0.4 is 4.74 Å². The van der Waals surface area contributed by atoms with Gasteiger partial charge in [-0.2, -0.15) is 0 Å². The monoisotopic (exact) mass is 240 g/mol. The molecule has 0 amide bonds. The molecule has 0 heterocycles. The zero-order valence-electron chi connectivity index (χ0n) is 11.1. The summed E-state index contributed by atoms with van der Waals surface area (Å²) in [5.74, 6) is 0.865. The quantitative estimate of drug-likeness (QED) is 0.813. The summed E-state index contributed by atoms with van der Waals surface area (Å²) in [6.07, 6.45) is 0. The summed E-state index contributed by atoms with van der Waals surface area (Å²) in [4.78, 5) is 2.17. The van der Waals surface area contributed by atoms with Gasteiger partial charge in [-0.05, 0) is 37.4 Å². The molecule has 0 aliphatic heterocycles. The Hall–Kier alpha value is -1.80. The summed E-state index contributed by atoms with van der Waals surface area (Å²) in [5.41, 5.74) is 3.64. The van der Waals surface area contributed by atoms with Crippen LogP contribution >= 0.6 is 0 Å². The highest BCUT2D eigenvalue weighted by Crippen LogP contribution is 2.32. The maximum atomic E-state index is 5.41.